The van der Waals surface area contributed by atoms with E-state index in [0.29, 0.717) is 12.3 Å². The normalized spacial score (nSPS) is 14.4. The van der Waals surface area contributed by atoms with Gasteiger partial charge in [0, 0.05) is 29.3 Å². The van der Waals surface area contributed by atoms with E-state index in [1.54, 1.807) is 12.1 Å². The molecular weight excluding hydrogens is 326 g/mol. The van der Waals surface area contributed by atoms with Gasteiger partial charge in [-0.2, -0.15) is 13.2 Å². The average molecular weight is 335 g/mol. The highest BCUT2D eigenvalue weighted by Crippen LogP contribution is 2.30. The molecule has 0 atom stereocenters. The number of aromatic nitrogens is 1. The number of halogens is 4. The first kappa shape index (κ1) is 16.0. The quantitative estimate of drug-likeness (QED) is 0.785. The van der Waals surface area contributed by atoms with Gasteiger partial charge in [0.25, 0.3) is 0 Å². The molecule has 1 aromatic heterocycles. The van der Waals surface area contributed by atoms with Crippen LogP contribution in [-0.2, 0) is 12.6 Å². The Kier molecular flexibility index (Phi) is 3.79. The molecule has 0 amide bonds. The van der Waals surface area contributed by atoms with Crippen molar-refractivity contribution in [3.63, 3.8) is 0 Å². The van der Waals surface area contributed by atoms with Crippen molar-refractivity contribution < 1.29 is 27.2 Å². The Balaban J connectivity index is 1.93. The Morgan fingerprint density at radius 3 is 2.33 bits per heavy atom. The van der Waals surface area contributed by atoms with Gasteiger partial charge in [0.1, 0.15) is 5.82 Å². The maximum Gasteiger partial charge on any atom is 0.417 e. The van der Waals surface area contributed by atoms with Gasteiger partial charge in [-0.1, -0.05) is 24.3 Å². The van der Waals surface area contributed by atoms with Gasteiger partial charge in [-0.25, -0.2) is 4.39 Å². The van der Waals surface area contributed by atoms with Crippen molar-refractivity contribution in [2.75, 3.05) is 0 Å². The number of alkyl halides is 3. The van der Waals surface area contributed by atoms with E-state index in [1.165, 1.54) is 12.1 Å². The van der Waals surface area contributed by atoms with Crippen LogP contribution in [-0.4, -0.2) is 16.6 Å². The molecule has 0 radical (unpaired) electrons. The summed E-state index contributed by atoms with van der Waals surface area (Å²) in [5.41, 5.74) is -1.12. The SMILES string of the molecule is O=C1C=C(Cc2ncc(C(F)(F)F)cc2F)C(=O)c2ccccc21. The first-order chi connectivity index (χ1) is 11.3. The van der Waals surface area contributed by atoms with E-state index in [9.17, 15) is 27.2 Å². The second-order valence-corrected chi connectivity index (χ2v) is 5.24. The molecule has 1 aliphatic rings. The molecule has 3 nitrogen and oxygen atoms in total. The minimum absolute atomic E-state index is 0.00939. The number of carbonyl (C=O) groups excluding carboxylic acids is 2. The molecule has 1 aromatic carbocycles. The van der Waals surface area contributed by atoms with E-state index in [-0.39, 0.29) is 28.8 Å². The van der Waals surface area contributed by atoms with Crippen molar-refractivity contribution in [3.05, 3.63) is 76.4 Å². The molecule has 0 saturated carbocycles. The topological polar surface area (TPSA) is 47.0 Å². The second-order valence-electron chi connectivity index (χ2n) is 5.24. The van der Waals surface area contributed by atoms with Crippen LogP contribution in [0, 0.1) is 5.82 Å². The van der Waals surface area contributed by atoms with E-state index < -0.39 is 29.1 Å². The molecule has 0 aliphatic heterocycles. The molecule has 122 valence electrons. The van der Waals surface area contributed by atoms with Gasteiger partial charge in [-0.05, 0) is 12.1 Å². The number of nitrogens with zero attached hydrogens (tertiary/aromatic N) is 1. The summed E-state index contributed by atoms with van der Waals surface area (Å²) in [6, 6.07) is 6.49. The number of benzene rings is 1. The molecular formula is C17H9F4NO2. The number of pyridine rings is 1. The number of fused-ring (bicyclic) bond motifs is 1. The third kappa shape index (κ3) is 2.84. The van der Waals surface area contributed by atoms with Gasteiger partial charge < -0.3 is 0 Å². The molecule has 3 rings (SSSR count). The van der Waals surface area contributed by atoms with Gasteiger partial charge >= 0.3 is 6.18 Å². The lowest BCUT2D eigenvalue weighted by Gasteiger charge is -2.15. The monoisotopic (exact) mass is 335 g/mol. The molecule has 2 aromatic rings. The highest BCUT2D eigenvalue weighted by Gasteiger charge is 2.32. The van der Waals surface area contributed by atoms with Crippen LogP contribution in [0.4, 0.5) is 17.6 Å². The Morgan fingerprint density at radius 1 is 1.04 bits per heavy atom. The zero-order valence-corrected chi connectivity index (χ0v) is 12.0. The summed E-state index contributed by atoms with van der Waals surface area (Å²) in [5.74, 6) is -2.05. The van der Waals surface area contributed by atoms with Crippen molar-refractivity contribution in [3.8, 4) is 0 Å². The fourth-order valence-corrected chi connectivity index (χ4v) is 2.43. The first-order valence-corrected chi connectivity index (χ1v) is 6.87. The molecule has 0 N–H and O–H groups in total. The summed E-state index contributed by atoms with van der Waals surface area (Å²) >= 11 is 0. The van der Waals surface area contributed by atoms with Gasteiger partial charge in [-0.15, -0.1) is 0 Å². The van der Waals surface area contributed by atoms with Crippen LogP contribution in [0.25, 0.3) is 0 Å². The largest absolute Gasteiger partial charge is 0.417 e. The summed E-state index contributed by atoms with van der Waals surface area (Å²) < 4.78 is 51.4. The molecule has 0 fully saturated rings. The van der Waals surface area contributed by atoms with Crippen LogP contribution in [0.5, 0.6) is 0 Å². The fourth-order valence-electron chi connectivity index (χ4n) is 2.43. The highest BCUT2D eigenvalue weighted by molar-refractivity contribution is 6.24. The number of rotatable bonds is 2. The number of Topliss-reactive ketones (excluding diaryl/α,β-unsaturated/α-hetero) is 1. The first-order valence-electron chi connectivity index (χ1n) is 6.87. The zero-order valence-electron chi connectivity index (χ0n) is 12.0. The predicted molar refractivity (Wildman–Crippen MR) is 76.1 cm³/mol. The van der Waals surface area contributed by atoms with Crippen LogP contribution in [0.15, 0.2) is 48.2 Å². The van der Waals surface area contributed by atoms with Crippen molar-refractivity contribution in [2.24, 2.45) is 0 Å². The van der Waals surface area contributed by atoms with Crippen molar-refractivity contribution in [1.82, 2.24) is 4.98 Å². The Hall–Kier alpha value is -2.83. The molecule has 7 heteroatoms. The fraction of sp³-hybridized carbons (Fsp3) is 0.118. The summed E-state index contributed by atoms with van der Waals surface area (Å²) in [5, 5.41) is 0. The summed E-state index contributed by atoms with van der Waals surface area (Å²) in [7, 11) is 0. The zero-order chi connectivity index (χ0) is 17.5. The lowest BCUT2D eigenvalue weighted by atomic mass is 9.87. The van der Waals surface area contributed by atoms with E-state index in [2.05, 4.69) is 4.98 Å². The van der Waals surface area contributed by atoms with E-state index in [1.807, 2.05) is 0 Å². The van der Waals surface area contributed by atoms with Gasteiger partial charge in [0.05, 0.1) is 11.3 Å². The standard InChI is InChI=1S/C17H9F4NO2/c18-13-7-10(17(19,20)21)8-22-14(13)5-9-6-15(23)11-3-1-2-4-12(11)16(9)24/h1-4,6-8H,5H2. The summed E-state index contributed by atoms with van der Waals surface area (Å²) in [4.78, 5) is 27.8. The molecule has 24 heavy (non-hydrogen) atoms. The molecule has 0 unspecified atom stereocenters. The number of hydrogen-bond donors (Lipinski definition) is 0. The third-order valence-corrected chi connectivity index (χ3v) is 3.64. The molecule has 0 spiro atoms. The summed E-state index contributed by atoms with van der Waals surface area (Å²) in [6.07, 6.45) is -3.49. The Morgan fingerprint density at radius 2 is 1.71 bits per heavy atom. The van der Waals surface area contributed by atoms with E-state index in [0.717, 1.165) is 6.08 Å². The third-order valence-electron chi connectivity index (χ3n) is 3.64. The van der Waals surface area contributed by atoms with E-state index in [4.69, 9.17) is 0 Å². The lowest BCUT2D eigenvalue weighted by Crippen LogP contribution is -2.19. The minimum Gasteiger partial charge on any atom is -0.289 e. The molecule has 0 saturated heterocycles. The predicted octanol–water partition coefficient (Wildman–Crippen LogP) is 3.79. The lowest BCUT2D eigenvalue weighted by molar-refractivity contribution is -0.138. The summed E-state index contributed by atoms with van der Waals surface area (Å²) in [6.45, 7) is 0. The highest BCUT2D eigenvalue weighted by atomic mass is 19.4. The minimum atomic E-state index is -4.71. The van der Waals surface area contributed by atoms with Crippen molar-refractivity contribution in [2.45, 2.75) is 12.6 Å². The average Bonchev–Trinajstić information content (AvgIpc) is 2.53. The van der Waals surface area contributed by atoms with Crippen LogP contribution in [0.3, 0.4) is 0 Å². The van der Waals surface area contributed by atoms with Crippen molar-refractivity contribution in [1.29, 1.82) is 0 Å². The van der Waals surface area contributed by atoms with Crippen LogP contribution in [0.2, 0.25) is 0 Å². The van der Waals surface area contributed by atoms with Crippen molar-refractivity contribution >= 4 is 11.6 Å². The Bertz CT molecular complexity index is 884. The number of hydrogen-bond acceptors (Lipinski definition) is 3. The maximum atomic E-state index is 13.9. The smallest absolute Gasteiger partial charge is 0.289 e. The maximum absolute atomic E-state index is 13.9. The van der Waals surface area contributed by atoms with Gasteiger partial charge in [-0.3, -0.25) is 14.6 Å². The van der Waals surface area contributed by atoms with Gasteiger partial charge in [0.15, 0.2) is 11.6 Å². The number of carbonyl (C=O) groups is 2. The number of allylic oxidation sites excluding steroid dienone is 2. The molecule has 1 heterocycles. The van der Waals surface area contributed by atoms with E-state index >= 15 is 0 Å². The molecule has 0 bridgehead atoms. The molecule has 1 aliphatic carbocycles. The van der Waals surface area contributed by atoms with Crippen LogP contribution >= 0.6 is 0 Å². The van der Waals surface area contributed by atoms with Crippen LogP contribution < -0.4 is 0 Å². The second kappa shape index (κ2) is 5.67. The van der Waals surface area contributed by atoms with Gasteiger partial charge in [0.2, 0.25) is 0 Å². The van der Waals surface area contributed by atoms with Crippen LogP contribution in [0.1, 0.15) is 32.0 Å². The number of ketones is 2. The Labute approximate surface area is 133 Å².